The first-order chi connectivity index (χ1) is 3.81. The number of rotatable bonds is 4. The van der Waals surface area contributed by atoms with Crippen molar-refractivity contribution in [3.63, 3.8) is 0 Å². The lowest BCUT2D eigenvalue weighted by Crippen LogP contribution is -2.06. The quantitative estimate of drug-likeness (QED) is 0.545. The number of carbonyl (C=O) groups is 1. The van der Waals surface area contributed by atoms with Crippen LogP contribution in [0.25, 0.3) is 0 Å². The first-order valence-electron chi connectivity index (χ1n) is 2.42. The SMILES string of the molecule is COCCC(=O)CO. The summed E-state index contributed by atoms with van der Waals surface area (Å²) >= 11 is 0. The predicted molar refractivity (Wildman–Crippen MR) is 28.6 cm³/mol. The Kier molecular flexibility index (Phi) is 4.50. The third kappa shape index (κ3) is 3.77. The standard InChI is InChI=1S/C5H10O3/c1-8-3-2-5(7)4-6/h6H,2-4H2,1H3. The zero-order valence-corrected chi connectivity index (χ0v) is 4.89. The van der Waals surface area contributed by atoms with E-state index in [1.165, 1.54) is 7.11 Å². The van der Waals surface area contributed by atoms with Gasteiger partial charge in [-0.15, -0.1) is 0 Å². The summed E-state index contributed by atoms with van der Waals surface area (Å²) in [5.41, 5.74) is 0. The number of ketones is 1. The van der Waals surface area contributed by atoms with Crippen molar-refractivity contribution >= 4 is 5.78 Å². The lowest BCUT2D eigenvalue weighted by Gasteiger charge is -1.92. The Morgan fingerprint density at radius 1 is 1.75 bits per heavy atom. The molecule has 3 heteroatoms. The van der Waals surface area contributed by atoms with E-state index in [-0.39, 0.29) is 12.4 Å². The molecule has 0 saturated heterocycles. The van der Waals surface area contributed by atoms with Crippen molar-refractivity contribution in [1.82, 2.24) is 0 Å². The Balaban J connectivity index is 2.99. The second kappa shape index (κ2) is 4.74. The Labute approximate surface area is 48.3 Å². The molecular formula is C5H10O3. The number of aliphatic hydroxyl groups is 1. The molecule has 0 aliphatic rings. The van der Waals surface area contributed by atoms with Crippen LogP contribution in [0.1, 0.15) is 6.42 Å². The van der Waals surface area contributed by atoms with Crippen molar-refractivity contribution in [1.29, 1.82) is 0 Å². The number of ether oxygens (including phenoxy) is 1. The molecular weight excluding hydrogens is 108 g/mol. The summed E-state index contributed by atoms with van der Waals surface area (Å²) in [6.45, 7) is 0.0305. The molecule has 0 aliphatic carbocycles. The largest absolute Gasteiger partial charge is 0.389 e. The van der Waals surface area contributed by atoms with Crippen LogP contribution in [0.3, 0.4) is 0 Å². The van der Waals surface area contributed by atoms with Crippen molar-refractivity contribution in [2.45, 2.75) is 6.42 Å². The van der Waals surface area contributed by atoms with Crippen molar-refractivity contribution < 1.29 is 14.6 Å². The van der Waals surface area contributed by atoms with Crippen LogP contribution < -0.4 is 0 Å². The molecule has 0 radical (unpaired) electrons. The van der Waals surface area contributed by atoms with Gasteiger partial charge in [-0.3, -0.25) is 4.79 Å². The van der Waals surface area contributed by atoms with Gasteiger partial charge < -0.3 is 9.84 Å². The zero-order valence-electron chi connectivity index (χ0n) is 4.89. The van der Waals surface area contributed by atoms with Crippen molar-refractivity contribution in [2.24, 2.45) is 0 Å². The molecule has 0 rings (SSSR count). The average molecular weight is 118 g/mol. The zero-order chi connectivity index (χ0) is 6.41. The molecule has 0 fully saturated rings. The first-order valence-corrected chi connectivity index (χ1v) is 2.42. The highest BCUT2D eigenvalue weighted by Crippen LogP contribution is 1.80. The molecule has 48 valence electrons. The molecule has 0 aromatic rings. The smallest absolute Gasteiger partial charge is 0.160 e. The molecule has 0 aliphatic heterocycles. The fraction of sp³-hybridized carbons (Fsp3) is 0.800. The minimum absolute atomic E-state index is 0.174. The lowest BCUT2D eigenvalue weighted by atomic mass is 10.3. The first kappa shape index (κ1) is 7.59. The number of aliphatic hydroxyl groups excluding tert-OH is 1. The van der Waals surface area contributed by atoms with E-state index in [0.717, 1.165) is 0 Å². The van der Waals surface area contributed by atoms with E-state index < -0.39 is 0 Å². The minimum atomic E-state index is -0.372. The highest BCUT2D eigenvalue weighted by molar-refractivity contribution is 5.79. The van der Waals surface area contributed by atoms with Crippen LogP contribution in [-0.2, 0) is 9.53 Å². The third-order valence-electron chi connectivity index (χ3n) is 0.761. The van der Waals surface area contributed by atoms with Gasteiger partial charge in [0.15, 0.2) is 5.78 Å². The maximum absolute atomic E-state index is 10.2. The summed E-state index contributed by atoms with van der Waals surface area (Å²) in [6.07, 6.45) is 0.312. The topological polar surface area (TPSA) is 46.5 Å². The van der Waals surface area contributed by atoms with Crippen LogP contribution >= 0.6 is 0 Å². The van der Waals surface area contributed by atoms with Gasteiger partial charge in [0.25, 0.3) is 0 Å². The molecule has 0 saturated carbocycles. The maximum Gasteiger partial charge on any atom is 0.160 e. The van der Waals surface area contributed by atoms with E-state index in [9.17, 15) is 4.79 Å². The van der Waals surface area contributed by atoms with Crippen LogP contribution in [-0.4, -0.2) is 31.2 Å². The lowest BCUT2D eigenvalue weighted by molar-refractivity contribution is -0.122. The fourth-order valence-corrected chi connectivity index (χ4v) is 0.295. The van der Waals surface area contributed by atoms with E-state index in [0.29, 0.717) is 13.0 Å². The molecule has 0 aromatic carbocycles. The van der Waals surface area contributed by atoms with E-state index in [4.69, 9.17) is 5.11 Å². The molecule has 0 amide bonds. The van der Waals surface area contributed by atoms with Crippen LogP contribution in [0.5, 0.6) is 0 Å². The van der Waals surface area contributed by atoms with Crippen molar-refractivity contribution in [3.05, 3.63) is 0 Å². The summed E-state index contributed by atoms with van der Waals surface area (Å²) in [4.78, 5) is 10.2. The van der Waals surface area contributed by atoms with E-state index in [1.54, 1.807) is 0 Å². The van der Waals surface area contributed by atoms with E-state index in [2.05, 4.69) is 4.74 Å². The van der Waals surface area contributed by atoms with Gasteiger partial charge in [-0.2, -0.15) is 0 Å². The van der Waals surface area contributed by atoms with Crippen LogP contribution in [0.4, 0.5) is 0 Å². The Bertz CT molecular complexity index is 70.1. The van der Waals surface area contributed by atoms with Gasteiger partial charge in [-0.05, 0) is 0 Å². The molecule has 1 N–H and O–H groups in total. The van der Waals surface area contributed by atoms with Gasteiger partial charge in [0.2, 0.25) is 0 Å². The van der Waals surface area contributed by atoms with Crippen LogP contribution in [0.15, 0.2) is 0 Å². The van der Waals surface area contributed by atoms with Crippen molar-refractivity contribution in [3.8, 4) is 0 Å². The van der Waals surface area contributed by atoms with Gasteiger partial charge in [0.05, 0.1) is 6.61 Å². The monoisotopic (exact) mass is 118 g/mol. The van der Waals surface area contributed by atoms with Gasteiger partial charge >= 0.3 is 0 Å². The van der Waals surface area contributed by atoms with Crippen LogP contribution in [0, 0.1) is 0 Å². The highest BCUT2D eigenvalue weighted by atomic mass is 16.5. The van der Waals surface area contributed by atoms with Gasteiger partial charge in [0, 0.05) is 13.5 Å². The summed E-state index contributed by atoms with van der Waals surface area (Å²) in [6, 6.07) is 0. The van der Waals surface area contributed by atoms with Gasteiger partial charge in [-0.1, -0.05) is 0 Å². The summed E-state index contributed by atoms with van der Waals surface area (Å²) in [7, 11) is 1.52. The van der Waals surface area contributed by atoms with E-state index >= 15 is 0 Å². The average Bonchev–Trinajstić information content (AvgIpc) is 1.83. The van der Waals surface area contributed by atoms with E-state index in [1.807, 2.05) is 0 Å². The molecule has 0 heterocycles. The number of hydrogen-bond acceptors (Lipinski definition) is 3. The summed E-state index contributed by atoms with van der Waals surface area (Å²) in [5, 5.41) is 8.16. The Morgan fingerprint density at radius 3 is 2.75 bits per heavy atom. The summed E-state index contributed by atoms with van der Waals surface area (Å²) < 4.78 is 4.58. The second-order valence-electron chi connectivity index (χ2n) is 1.44. The Morgan fingerprint density at radius 2 is 2.38 bits per heavy atom. The number of carbonyl (C=O) groups excluding carboxylic acids is 1. The predicted octanol–water partition coefficient (Wildman–Crippen LogP) is -0.416. The van der Waals surface area contributed by atoms with Crippen molar-refractivity contribution in [2.75, 3.05) is 20.3 Å². The maximum atomic E-state index is 10.2. The summed E-state index contributed by atoms with van der Waals surface area (Å²) in [5.74, 6) is -0.174. The number of Topliss-reactive ketones (excluding diaryl/α,β-unsaturated/α-hetero) is 1. The normalized spacial score (nSPS) is 9.25. The molecule has 0 bridgehead atoms. The van der Waals surface area contributed by atoms with Crippen LogP contribution in [0.2, 0.25) is 0 Å². The molecule has 0 unspecified atom stereocenters. The highest BCUT2D eigenvalue weighted by Gasteiger charge is 1.95. The molecule has 3 nitrogen and oxygen atoms in total. The Hall–Kier alpha value is -0.410. The molecule has 8 heavy (non-hydrogen) atoms. The molecule has 0 spiro atoms. The molecule has 0 atom stereocenters. The fourth-order valence-electron chi connectivity index (χ4n) is 0.295. The second-order valence-corrected chi connectivity index (χ2v) is 1.44. The minimum Gasteiger partial charge on any atom is -0.389 e. The molecule has 0 aromatic heterocycles. The number of methoxy groups -OCH3 is 1. The van der Waals surface area contributed by atoms with Gasteiger partial charge in [-0.25, -0.2) is 0 Å². The third-order valence-corrected chi connectivity index (χ3v) is 0.761. The number of hydrogen-bond donors (Lipinski definition) is 1. The van der Waals surface area contributed by atoms with Gasteiger partial charge in [0.1, 0.15) is 6.61 Å².